The van der Waals surface area contributed by atoms with Gasteiger partial charge in [-0.2, -0.15) is 13.2 Å². The molecular weight excluding hydrogens is 460 g/mol. The molecule has 4 nitrogen and oxygen atoms in total. The minimum absolute atomic E-state index is 0.0937. The minimum atomic E-state index is -4.87. The zero-order chi connectivity index (χ0) is 17.4. The van der Waals surface area contributed by atoms with Crippen LogP contribution in [-0.4, -0.2) is 45.4 Å². The Bertz CT molecular complexity index is 714. The summed E-state index contributed by atoms with van der Waals surface area (Å²) in [5.41, 5.74) is -3.14. The maximum absolute atomic E-state index is 13.8. The lowest BCUT2D eigenvalue weighted by Crippen LogP contribution is -2.56. The summed E-state index contributed by atoms with van der Waals surface area (Å²) in [7, 11) is 0. The number of fused-ring (bicyclic) bond motifs is 1. The molecule has 2 fully saturated rings. The van der Waals surface area contributed by atoms with Gasteiger partial charge < -0.3 is 4.74 Å². The van der Waals surface area contributed by atoms with Gasteiger partial charge in [-0.3, -0.25) is 10.2 Å². The Hall–Kier alpha value is -1.05. The molecule has 1 atom stereocenters. The van der Waals surface area contributed by atoms with Crippen molar-refractivity contribution in [2.24, 2.45) is 0 Å². The second-order valence-corrected chi connectivity index (χ2v) is 8.91. The zero-order valence-corrected chi connectivity index (χ0v) is 15.3. The van der Waals surface area contributed by atoms with Gasteiger partial charge in [-0.05, 0) is 42.0 Å². The van der Waals surface area contributed by atoms with Crippen LogP contribution < -0.4 is 5.32 Å². The summed E-state index contributed by atoms with van der Waals surface area (Å²) in [6.45, 7) is 1.83. The Morgan fingerprint density at radius 1 is 1.42 bits per heavy atom. The highest BCUT2D eigenvalue weighted by Crippen LogP contribution is 2.45. The van der Waals surface area contributed by atoms with Crippen LogP contribution in [0.25, 0.3) is 0 Å². The van der Waals surface area contributed by atoms with Gasteiger partial charge in [-0.15, -0.1) is 0 Å². The van der Waals surface area contributed by atoms with Crippen molar-refractivity contribution in [2.75, 3.05) is 19.6 Å². The topological polar surface area (TPSA) is 41.6 Å². The number of alkyl halides is 3. The van der Waals surface area contributed by atoms with Crippen LogP contribution in [0.2, 0.25) is 0 Å². The first-order chi connectivity index (χ1) is 11.3. The molecule has 0 aromatic carbocycles. The van der Waals surface area contributed by atoms with E-state index in [1.54, 1.807) is 4.08 Å². The van der Waals surface area contributed by atoms with E-state index in [0.29, 0.717) is 2.97 Å². The Morgan fingerprint density at radius 3 is 2.79 bits per heavy atom. The average molecular weight is 473 g/mol. The number of carbonyl (C=O) groups is 1. The normalized spacial score (nSPS) is 27.3. The van der Waals surface area contributed by atoms with Gasteiger partial charge in [0.25, 0.3) is 5.60 Å². The number of halogens is 5. The van der Waals surface area contributed by atoms with Gasteiger partial charge in [0.15, 0.2) is 0 Å². The summed E-state index contributed by atoms with van der Waals surface area (Å²) >= 11 is 5.18. The molecule has 0 aliphatic carbocycles. The number of hydrogen-bond acceptors (Lipinski definition) is 3. The molecular formula is C15H13ClF3IN2O2. The Kier molecular flexibility index (Phi) is 4.95. The third-order valence-electron chi connectivity index (χ3n) is 3.84. The van der Waals surface area contributed by atoms with Gasteiger partial charge in [-0.25, -0.2) is 4.79 Å². The Balaban J connectivity index is 2.01. The first kappa shape index (κ1) is 17.8. The Morgan fingerprint density at radius 2 is 2.12 bits per heavy atom. The summed E-state index contributed by atoms with van der Waals surface area (Å²) in [6, 6.07) is 0. The predicted molar refractivity (Wildman–Crippen MR) is 92.9 cm³/mol. The minimum Gasteiger partial charge on any atom is -0.415 e. The monoisotopic (exact) mass is 472 g/mol. The number of ether oxygens (including phenoxy) is 1. The molecule has 0 aromatic rings. The molecule has 3 rings (SSSR count). The summed E-state index contributed by atoms with van der Waals surface area (Å²) in [4.78, 5) is 13.6. The highest BCUT2D eigenvalue weighted by molar-refractivity contribution is 14.2. The van der Waals surface area contributed by atoms with E-state index >= 15 is 0 Å². The molecule has 0 saturated carbocycles. The molecule has 130 valence electrons. The van der Waals surface area contributed by atoms with E-state index in [-0.39, 0.29) is 17.8 Å². The number of likely N-dealkylation sites (tertiary alicyclic amines) is 1. The lowest BCUT2D eigenvalue weighted by molar-refractivity contribution is -0.221. The van der Waals surface area contributed by atoms with Crippen LogP contribution in [0.3, 0.4) is 0 Å². The summed E-state index contributed by atoms with van der Waals surface area (Å²) in [6.07, 6.45) is -2.79. The van der Waals surface area contributed by atoms with E-state index in [2.05, 4.69) is 21.9 Å². The number of nitrogens with one attached hydrogen (secondary N) is 1. The first-order valence-electron chi connectivity index (χ1n) is 7.19. The third kappa shape index (κ3) is 3.34. The van der Waals surface area contributed by atoms with E-state index in [0.717, 1.165) is 25.9 Å². The second kappa shape index (κ2) is 6.69. The van der Waals surface area contributed by atoms with Gasteiger partial charge in [0, 0.05) is 5.57 Å². The number of nitrogens with zero attached hydrogens (tertiary/aromatic N) is 1. The molecule has 3 heterocycles. The van der Waals surface area contributed by atoms with Crippen LogP contribution >= 0.6 is 32.3 Å². The molecule has 0 radical (unpaired) electrons. The fourth-order valence-corrected chi connectivity index (χ4v) is 4.67. The number of cyclic esters (lactones) is 1. The van der Waals surface area contributed by atoms with E-state index in [4.69, 9.17) is 11.6 Å². The smallest absolute Gasteiger partial charge is 0.415 e. The lowest BCUT2D eigenvalue weighted by Gasteiger charge is -2.38. The van der Waals surface area contributed by atoms with Crippen molar-refractivity contribution in [3.8, 4) is 11.8 Å². The van der Waals surface area contributed by atoms with Crippen LogP contribution in [0.5, 0.6) is 0 Å². The fraction of sp³-hybridized carbons (Fsp3) is 0.467. The SMILES string of the molecule is O=C1NC2=CI=C(Cl)C=C2C(C#CCN2CCCC2)(C(F)(F)F)O1. The number of carbonyl (C=O) groups excluding carboxylic acids is 1. The largest absolute Gasteiger partial charge is 0.445 e. The standard InChI is InChI=1S/C15H13ClF3IN2O2/c16-12-8-10-11(9-20-12)21-13(23)24-14(10,15(17,18)19)4-3-7-22-5-1-2-6-22/h8-9H,1-2,5-7H2,(H,21,23). The maximum Gasteiger partial charge on any atom is 0.445 e. The van der Waals surface area contributed by atoms with E-state index in [1.165, 1.54) is 6.08 Å². The van der Waals surface area contributed by atoms with Crippen LogP contribution in [-0.2, 0) is 4.74 Å². The van der Waals surface area contributed by atoms with Crippen molar-refractivity contribution in [3.05, 3.63) is 21.4 Å². The van der Waals surface area contributed by atoms with Crippen LogP contribution in [0.1, 0.15) is 12.8 Å². The van der Waals surface area contributed by atoms with Gasteiger partial charge >= 0.3 is 12.3 Å². The Labute approximate surface area is 151 Å². The predicted octanol–water partition coefficient (Wildman–Crippen LogP) is 3.25. The van der Waals surface area contributed by atoms with E-state index in [1.807, 2.05) is 4.90 Å². The summed E-state index contributed by atoms with van der Waals surface area (Å²) in [5.74, 6) is 4.74. The van der Waals surface area contributed by atoms with Gasteiger partial charge in [-0.1, -0.05) is 38.3 Å². The maximum atomic E-state index is 13.8. The number of allylic oxidation sites excluding steroid dienone is 1. The second-order valence-electron chi connectivity index (χ2n) is 5.46. The van der Waals surface area contributed by atoms with Crippen LogP contribution in [0.4, 0.5) is 18.0 Å². The number of alkyl carbamates (subject to hydrolysis) is 1. The van der Waals surface area contributed by atoms with Crippen molar-refractivity contribution in [1.82, 2.24) is 10.2 Å². The first-order valence-corrected chi connectivity index (χ1v) is 9.90. The van der Waals surface area contributed by atoms with Crippen LogP contribution in [0, 0.1) is 11.8 Å². The van der Waals surface area contributed by atoms with Crippen molar-refractivity contribution < 1.29 is 22.7 Å². The highest BCUT2D eigenvalue weighted by atomic mass is 127. The number of amides is 1. The molecule has 1 N–H and O–H groups in total. The fourth-order valence-electron chi connectivity index (χ4n) is 2.69. The molecule has 9 heteroatoms. The molecule has 1 amide bonds. The number of hydrogen-bond donors (Lipinski definition) is 1. The van der Waals surface area contributed by atoms with Gasteiger partial charge in [0.05, 0.1) is 15.2 Å². The molecule has 2 saturated heterocycles. The van der Waals surface area contributed by atoms with Crippen LogP contribution in [0.15, 0.2) is 21.4 Å². The quantitative estimate of drug-likeness (QED) is 0.471. The summed E-state index contributed by atoms with van der Waals surface area (Å²) < 4.78 is 48.1. The van der Waals surface area contributed by atoms with Crippen molar-refractivity contribution in [3.63, 3.8) is 0 Å². The van der Waals surface area contributed by atoms with Crippen molar-refractivity contribution in [1.29, 1.82) is 0 Å². The third-order valence-corrected chi connectivity index (χ3v) is 6.34. The zero-order valence-electron chi connectivity index (χ0n) is 12.3. The number of rotatable bonds is 1. The van der Waals surface area contributed by atoms with Crippen molar-refractivity contribution in [2.45, 2.75) is 24.6 Å². The molecule has 3 aliphatic heterocycles. The molecule has 3 aliphatic rings. The van der Waals surface area contributed by atoms with E-state index < -0.39 is 38.6 Å². The summed E-state index contributed by atoms with van der Waals surface area (Å²) in [5, 5.41) is 2.31. The molecule has 1 unspecified atom stereocenters. The average Bonchev–Trinajstić information content (AvgIpc) is 3.00. The van der Waals surface area contributed by atoms with Gasteiger partial charge in [0.2, 0.25) is 0 Å². The molecule has 0 bridgehead atoms. The molecule has 24 heavy (non-hydrogen) atoms. The lowest BCUT2D eigenvalue weighted by atomic mass is 9.89. The van der Waals surface area contributed by atoms with Crippen molar-refractivity contribution >= 4 is 41.4 Å². The van der Waals surface area contributed by atoms with E-state index in [9.17, 15) is 18.0 Å². The highest BCUT2D eigenvalue weighted by Gasteiger charge is 2.63. The van der Waals surface area contributed by atoms with Gasteiger partial charge in [0.1, 0.15) is 0 Å². The molecule has 0 aromatic heterocycles. The molecule has 0 spiro atoms.